The molecule has 0 aliphatic carbocycles. The average molecular weight is 349 g/mol. The van der Waals surface area contributed by atoms with Crippen molar-refractivity contribution in [2.24, 2.45) is 4.99 Å². The molecule has 146 valence electrons. The smallest absolute Gasteiger partial charge is 0.123 e. The SMILES string of the molecule is CCCCCCCCCCCCCCC/C=C/C1=NCCN1C(C)C. The molecule has 0 N–H and O–H groups in total. The van der Waals surface area contributed by atoms with E-state index in [1.165, 1.54) is 95.7 Å². The molecule has 1 rings (SSSR count). The van der Waals surface area contributed by atoms with Crippen molar-refractivity contribution in [2.45, 2.75) is 117 Å². The molecule has 0 unspecified atom stereocenters. The lowest BCUT2D eigenvalue weighted by atomic mass is 10.0. The number of hydrogen-bond donors (Lipinski definition) is 0. The molecule has 2 heteroatoms. The summed E-state index contributed by atoms with van der Waals surface area (Å²) in [6, 6.07) is 0.572. The highest BCUT2D eigenvalue weighted by Crippen LogP contribution is 2.13. The first-order valence-electron chi connectivity index (χ1n) is 11.2. The highest BCUT2D eigenvalue weighted by molar-refractivity contribution is 5.94. The maximum atomic E-state index is 4.60. The molecule has 1 aliphatic rings. The van der Waals surface area contributed by atoms with Gasteiger partial charge in [0.25, 0.3) is 0 Å². The molecule has 0 saturated heterocycles. The van der Waals surface area contributed by atoms with Crippen LogP contribution in [-0.4, -0.2) is 29.9 Å². The molecular formula is C23H44N2. The van der Waals surface area contributed by atoms with Crippen LogP contribution in [0.25, 0.3) is 0 Å². The van der Waals surface area contributed by atoms with E-state index in [0.29, 0.717) is 6.04 Å². The van der Waals surface area contributed by atoms with Crippen LogP contribution in [0.1, 0.15) is 111 Å². The normalized spacial score (nSPS) is 14.9. The Balaban J connectivity index is 1.84. The predicted molar refractivity (Wildman–Crippen MR) is 114 cm³/mol. The van der Waals surface area contributed by atoms with Gasteiger partial charge in [-0.25, -0.2) is 0 Å². The van der Waals surface area contributed by atoms with Crippen molar-refractivity contribution in [3.05, 3.63) is 12.2 Å². The van der Waals surface area contributed by atoms with Crippen molar-refractivity contribution in [2.75, 3.05) is 13.1 Å². The lowest BCUT2D eigenvalue weighted by molar-refractivity contribution is 0.382. The number of allylic oxidation sites excluding steroid dienone is 1. The first kappa shape index (κ1) is 22.3. The second-order valence-corrected chi connectivity index (χ2v) is 7.96. The maximum absolute atomic E-state index is 4.60. The molecule has 25 heavy (non-hydrogen) atoms. The summed E-state index contributed by atoms with van der Waals surface area (Å²) in [5, 5.41) is 0. The topological polar surface area (TPSA) is 15.6 Å². The Labute approximate surface area is 158 Å². The predicted octanol–water partition coefficient (Wildman–Crippen LogP) is 7.15. The van der Waals surface area contributed by atoms with E-state index in [-0.39, 0.29) is 0 Å². The molecule has 1 aliphatic heterocycles. The van der Waals surface area contributed by atoms with Crippen molar-refractivity contribution in [1.29, 1.82) is 0 Å². The number of aliphatic imine (C=N–C) groups is 1. The molecule has 0 fully saturated rings. The molecule has 2 nitrogen and oxygen atoms in total. The molecule has 0 saturated carbocycles. The number of nitrogens with zero attached hydrogens (tertiary/aromatic N) is 2. The standard InChI is InChI=1S/C23H44N2/c1-4-5-6-7-8-9-10-11-12-13-14-15-16-17-18-19-23-24-20-21-25(23)22(2)3/h18-19,22H,4-17,20-21H2,1-3H3/b19-18+. The Bertz CT molecular complexity index is 357. The fourth-order valence-corrected chi connectivity index (χ4v) is 3.62. The number of amidine groups is 1. The zero-order valence-corrected chi connectivity index (χ0v) is 17.4. The van der Waals surface area contributed by atoms with E-state index in [0.717, 1.165) is 13.1 Å². The highest BCUT2D eigenvalue weighted by Gasteiger charge is 2.16. The second kappa shape index (κ2) is 15.5. The quantitative estimate of drug-likeness (QED) is 0.270. The van der Waals surface area contributed by atoms with Crippen LogP contribution in [-0.2, 0) is 0 Å². The van der Waals surface area contributed by atoms with Crippen molar-refractivity contribution < 1.29 is 0 Å². The Morgan fingerprint density at radius 3 is 1.88 bits per heavy atom. The van der Waals surface area contributed by atoms with Gasteiger partial charge in [0.05, 0.1) is 6.54 Å². The minimum absolute atomic E-state index is 0.572. The van der Waals surface area contributed by atoms with Crippen molar-refractivity contribution in [3.8, 4) is 0 Å². The van der Waals surface area contributed by atoms with Gasteiger partial charge in [0.1, 0.15) is 5.84 Å². The van der Waals surface area contributed by atoms with Gasteiger partial charge in [-0.05, 0) is 32.8 Å². The van der Waals surface area contributed by atoms with E-state index in [4.69, 9.17) is 0 Å². The van der Waals surface area contributed by atoms with Gasteiger partial charge in [0.2, 0.25) is 0 Å². The van der Waals surface area contributed by atoms with Crippen LogP contribution in [0.4, 0.5) is 0 Å². The molecular weight excluding hydrogens is 304 g/mol. The molecule has 0 spiro atoms. The second-order valence-electron chi connectivity index (χ2n) is 7.96. The van der Waals surface area contributed by atoms with E-state index >= 15 is 0 Å². The average Bonchev–Trinajstić information content (AvgIpc) is 3.07. The van der Waals surface area contributed by atoms with E-state index in [2.05, 4.69) is 42.8 Å². The van der Waals surface area contributed by atoms with Crippen LogP contribution in [0.5, 0.6) is 0 Å². The van der Waals surface area contributed by atoms with Crippen molar-refractivity contribution >= 4 is 5.84 Å². The molecule has 0 aromatic heterocycles. The zero-order valence-electron chi connectivity index (χ0n) is 17.4. The molecule has 0 bridgehead atoms. The van der Waals surface area contributed by atoms with Crippen LogP contribution in [0, 0.1) is 0 Å². The van der Waals surface area contributed by atoms with Crippen LogP contribution >= 0.6 is 0 Å². The van der Waals surface area contributed by atoms with Gasteiger partial charge in [-0.3, -0.25) is 4.99 Å². The van der Waals surface area contributed by atoms with Gasteiger partial charge in [0, 0.05) is 12.6 Å². The summed E-state index contributed by atoms with van der Waals surface area (Å²) in [6.07, 6.45) is 24.4. The van der Waals surface area contributed by atoms with E-state index in [9.17, 15) is 0 Å². The zero-order chi connectivity index (χ0) is 18.2. The van der Waals surface area contributed by atoms with Gasteiger partial charge in [-0.1, -0.05) is 90.0 Å². The molecule has 0 radical (unpaired) electrons. The summed E-state index contributed by atoms with van der Waals surface area (Å²) in [4.78, 5) is 7.00. The maximum Gasteiger partial charge on any atom is 0.123 e. The Morgan fingerprint density at radius 2 is 1.36 bits per heavy atom. The summed E-state index contributed by atoms with van der Waals surface area (Å²) in [6.45, 7) is 8.86. The summed E-state index contributed by atoms with van der Waals surface area (Å²) in [7, 11) is 0. The lowest BCUT2D eigenvalue weighted by Crippen LogP contribution is -2.33. The van der Waals surface area contributed by atoms with Gasteiger partial charge in [-0.2, -0.15) is 0 Å². The largest absolute Gasteiger partial charge is 0.353 e. The number of hydrogen-bond acceptors (Lipinski definition) is 2. The van der Waals surface area contributed by atoms with E-state index in [1.807, 2.05) is 0 Å². The molecule has 1 heterocycles. The highest BCUT2D eigenvalue weighted by atomic mass is 15.2. The fraction of sp³-hybridized carbons (Fsp3) is 0.870. The Morgan fingerprint density at radius 1 is 0.840 bits per heavy atom. The Hall–Kier alpha value is -0.790. The van der Waals surface area contributed by atoms with Crippen molar-refractivity contribution in [3.63, 3.8) is 0 Å². The first-order chi connectivity index (χ1) is 12.3. The molecule has 0 amide bonds. The minimum atomic E-state index is 0.572. The first-order valence-corrected chi connectivity index (χ1v) is 11.2. The third kappa shape index (κ3) is 11.4. The lowest BCUT2D eigenvalue weighted by Gasteiger charge is -2.22. The van der Waals surface area contributed by atoms with Gasteiger partial charge >= 0.3 is 0 Å². The fourth-order valence-electron chi connectivity index (χ4n) is 3.62. The van der Waals surface area contributed by atoms with Gasteiger partial charge in [-0.15, -0.1) is 0 Å². The summed E-state index contributed by atoms with van der Waals surface area (Å²) < 4.78 is 0. The minimum Gasteiger partial charge on any atom is -0.353 e. The monoisotopic (exact) mass is 348 g/mol. The van der Waals surface area contributed by atoms with Crippen LogP contribution in [0.2, 0.25) is 0 Å². The number of rotatable bonds is 16. The van der Waals surface area contributed by atoms with E-state index in [1.54, 1.807) is 0 Å². The third-order valence-electron chi connectivity index (χ3n) is 5.27. The van der Waals surface area contributed by atoms with Crippen LogP contribution in [0.3, 0.4) is 0 Å². The molecule has 0 aromatic rings. The van der Waals surface area contributed by atoms with Crippen molar-refractivity contribution in [1.82, 2.24) is 4.90 Å². The Kier molecular flexibility index (Phi) is 13.8. The van der Waals surface area contributed by atoms with Crippen LogP contribution < -0.4 is 0 Å². The summed E-state index contributed by atoms with van der Waals surface area (Å²) in [5.41, 5.74) is 0. The molecule has 0 atom stereocenters. The third-order valence-corrected chi connectivity index (χ3v) is 5.27. The summed E-state index contributed by atoms with van der Waals surface area (Å²) in [5.74, 6) is 1.20. The summed E-state index contributed by atoms with van der Waals surface area (Å²) >= 11 is 0. The number of unbranched alkanes of at least 4 members (excludes halogenated alkanes) is 13. The van der Waals surface area contributed by atoms with Crippen LogP contribution in [0.15, 0.2) is 17.1 Å². The molecule has 0 aromatic carbocycles. The van der Waals surface area contributed by atoms with Gasteiger partial charge < -0.3 is 4.90 Å². The van der Waals surface area contributed by atoms with Gasteiger partial charge in [0.15, 0.2) is 0 Å². The van der Waals surface area contributed by atoms with E-state index < -0.39 is 0 Å².